The van der Waals surface area contributed by atoms with Crippen molar-refractivity contribution >= 4 is 0 Å². The number of hydrogen-bond donors (Lipinski definition) is 1. The predicted molar refractivity (Wildman–Crippen MR) is 48.4 cm³/mol. The molecular weight excluding hydrogens is 207 g/mol. The van der Waals surface area contributed by atoms with Gasteiger partial charge in [0.25, 0.3) is 0 Å². The van der Waals surface area contributed by atoms with E-state index in [2.05, 4.69) is 4.74 Å². The van der Waals surface area contributed by atoms with Crippen LogP contribution in [-0.2, 0) is 6.42 Å². The lowest BCUT2D eigenvalue weighted by Crippen LogP contribution is -2.18. The Morgan fingerprint density at radius 2 is 2.07 bits per heavy atom. The molecule has 0 spiro atoms. The molecule has 0 fully saturated rings. The maximum Gasteiger partial charge on any atom is 0.573 e. The lowest BCUT2D eigenvalue weighted by molar-refractivity contribution is -0.274. The highest BCUT2D eigenvalue weighted by Gasteiger charge is 2.33. The van der Waals surface area contributed by atoms with Crippen LogP contribution in [0.15, 0.2) is 18.2 Å². The highest BCUT2D eigenvalue weighted by atomic mass is 19.4. The monoisotopic (exact) mass is 217 g/mol. The SMILES string of the molecule is NC1CCc2c(OC(F)(F)F)cccc21. The van der Waals surface area contributed by atoms with Gasteiger partial charge in [-0.25, -0.2) is 0 Å². The Labute approximate surface area is 84.8 Å². The van der Waals surface area contributed by atoms with E-state index < -0.39 is 6.36 Å². The van der Waals surface area contributed by atoms with Crippen molar-refractivity contribution in [2.45, 2.75) is 25.2 Å². The first-order valence-electron chi connectivity index (χ1n) is 4.60. The first kappa shape index (κ1) is 10.3. The van der Waals surface area contributed by atoms with Crippen LogP contribution in [0.5, 0.6) is 5.75 Å². The zero-order valence-corrected chi connectivity index (χ0v) is 7.84. The van der Waals surface area contributed by atoms with E-state index in [4.69, 9.17) is 5.73 Å². The van der Waals surface area contributed by atoms with Gasteiger partial charge in [0.1, 0.15) is 5.75 Å². The summed E-state index contributed by atoms with van der Waals surface area (Å²) in [6, 6.07) is 4.43. The van der Waals surface area contributed by atoms with Crippen LogP contribution < -0.4 is 10.5 Å². The number of halogens is 3. The molecule has 0 amide bonds. The third-order valence-electron chi connectivity index (χ3n) is 2.50. The van der Waals surface area contributed by atoms with Crippen molar-refractivity contribution < 1.29 is 17.9 Å². The van der Waals surface area contributed by atoms with Gasteiger partial charge in [-0.15, -0.1) is 13.2 Å². The number of ether oxygens (including phenoxy) is 1. The van der Waals surface area contributed by atoms with Crippen LogP contribution in [0.1, 0.15) is 23.6 Å². The second-order valence-corrected chi connectivity index (χ2v) is 3.52. The first-order valence-corrected chi connectivity index (χ1v) is 4.60. The minimum absolute atomic E-state index is 0.118. The topological polar surface area (TPSA) is 35.2 Å². The van der Waals surface area contributed by atoms with Gasteiger partial charge in [-0.1, -0.05) is 12.1 Å². The Balaban J connectivity index is 2.34. The van der Waals surface area contributed by atoms with E-state index in [1.165, 1.54) is 12.1 Å². The second kappa shape index (κ2) is 3.41. The molecule has 1 aliphatic carbocycles. The summed E-state index contributed by atoms with van der Waals surface area (Å²) in [5.74, 6) is -0.118. The van der Waals surface area contributed by atoms with Gasteiger partial charge < -0.3 is 10.5 Å². The highest BCUT2D eigenvalue weighted by molar-refractivity contribution is 5.44. The average Bonchev–Trinajstić information content (AvgIpc) is 2.47. The zero-order valence-electron chi connectivity index (χ0n) is 7.84. The van der Waals surface area contributed by atoms with Gasteiger partial charge in [0, 0.05) is 6.04 Å². The summed E-state index contributed by atoms with van der Waals surface area (Å²) in [4.78, 5) is 0. The molecule has 0 aromatic heterocycles. The van der Waals surface area contributed by atoms with Gasteiger partial charge in [-0.05, 0) is 30.0 Å². The number of nitrogens with two attached hydrogens (primary N) is 1. The number of alkyl halides is 3. The molecule has 0 bridgehead atoms. The summed E-state index contributed by atoms with van der Waals surface area (Å²) >= 11 is 0. The molecule has 1 unspecified atom stereocenters. The minimum atomic E-state index is -4.64. The Bertz CT molecular complexity index is 375. The van der Waals surface area contributed by atoms with Crippen LogP contribution in [0, 0.1) is 0 Å². The molecule has 82 valence electrons. The quantitative estimate of drug-likeness (QED) is 0.784. The van der Waals surface area contributed by atoms with Crippen LogP contribution in [0.4, 0.5) is 13.2 Å². The largest absolute Gasteiger partial charge is 0.573 e. The van der Waals surface area contributed by atoms with Crippen molar-refractivity contribution in [1.29, 1.82) is 0 Å². The second-order valence-electron chi connectivity index (χ2n) is 3.52. The smallest absolute Gasteiger partial charge is 0.405 e. The third-order valence-corrected chi connectivity index (χ3v) is 2.50. The summed E-state index contributed by atoms with van der Waals surface area (Å²) in [6.07, 6.45) is -3.42. The lowest BCUT2D eigenvalue weighted by Gasteiger charge is -2.12. The van der Waals surface area contributed by atoms with Crippen molar-refractivity contribution in [3.8, 4) is 5.75 Å². The molecule has 1 aromatic rings. The molecule has 0 saturated heterocycles. The number of benzene rings is 1. The summed E-state index contributed by atoms with van der Waals surface area (Å²) in [5, 5.41) is 0. The summed E-state index contributed by atoms with van der Waals surface area (Å²) < 4.78 is 40.1. The van der Waals surface area contributed by atoms with Crippen molar-refractivity contribution in [3.63, 3.8) is 0 Å². The fraction of sp³-hybridized carbons (Fsp3) is 0.400. The van der Waals surface area contributed by atoms with Crippen molar-refractivity contribution in [2.75, 3.05) is 0 Å². The molecule has 1 atom stereocenters. The van der Waals surface area contributed by atoms with Crippen LogP contribution in [-0.4, -0.2) is 6.36 Å². The molecule has 2 N–H and O–H groups in total. The fourth-order valence-electron chi connectivity index (χ4n) is 1.87. The van der Waals surface area contributed by atoms with Gasteiger partial charge in [-0.2, -0.15) is 0 Å². The summed E-state index contributed by atoms with van der Waals surface area (Å²) in [5.41, 5.74) is 7.09. The van der Waals surface area contributed by atoms with E-state index in [0.29, 0.717) is 18.4 Å². The number of rotatable bonds is 1. The van der Waals surface area contributed by atoms with Gasteiger partial charge in [0.2, 0.25) is 0 Å². The molecule has 2 nitrogen and oxygen atoms in total. The van der Waals surface area contributed by atoms with Crippen LogP contribution in [0.25, 0.3) is 0 Å². The molecule has 0 heterocycles. The highest BCUT2D eigenvalue weighted by Crippen LogP contribution is 2.37. The van der Waals surface area contributed by atoms with Crippen LogP contribution >= 0.6 is 0 Å². The van der Waals surface area contributed by atoms with Crippen LogP contribution in [0.2, 0.25) is 0 Å². The number of fused-ring (bicyclic) bond motifs is 1. The number of hydrogen-bond acceptors (Lipinski definition) is 2. The van der Waals surface area contributed by atoms with Gasteiger partial charge in [0.05, 0.1) is 0 Å². The Morgan fingerprint density at radius 3 is 2.73 bits per heavy atom. The third kappa shape index (κ3) is 2.07. The molecule has 1 aliphatic rings. The van der Waals surface area contributed by atoms with Crippen molar-refractivity contribution in [2.24, 2.45) is 5.73 Å². The Hall–Kier alpha value is -1.23. The summed E-state index contributed by atoms with van der Waals surface area (Å²) in [7, 11) is 0. The molecule has 2 rings (SSSR count). The van der Waals surface area contributed by atoms with Crippen LogP contribution in [0.3, 0.4) is 0 Å². The average molecular weight is 217 g/mol. The molecule has 0 aliphatic heterocycles. The molecule has 15 heavy (non-hydrogen) atoms. The fourth-order valence-corrected chi connectivity index (χ4v) is 1.87. The predicted octanol–water partition coefficient (Wildman–Crippen LogP) is 2.53. The standard InChI is InChI=1S/C10H10F3NO/c11-10(12,13)15-9-3-1-2-6-7(9)4-5-8(6)14/h1-3,8H,4-5,14H2. The van der Waals surface area contributed by atoms with Crippen molar-refractivity contribution in [3.05, 3.63) is 29.3 Å². The van der Waals surface area contributed by atoms with E-state index >= 15 is 0 Å². The zero-order chi connectivity index (χ0) is 11.1. The first-order chi connectivity index (χ1) is 6.97. The molecule has 0 saturated carbocycles. The molecule has 1 aromatic carbocycles. The molecule has 0 radical (unpaired) electrons. The van der Waals surface area contributed by atoms with Gasteiger partial charge >= 0.3 is 6.36 Å². The van der Waals surface area contributed by atoms with Gasteiger partial charge in [0.15, 0.2) is 0 Å². The van der Waals surface area contributed by atoms with E-state index in [0.717, 1.165) is 5.56 Å². The maximum absolute atomic E-state index is 12.1. The maximum atomic E-state index is 12.1. The normalized spacial score (nSPS) is 20.1. The van der Waals surface area contributed by atoms with E-state index in [1.807, 2.05) is 0 Å². The van der Waals surface area contributed by atoms with Crippen molar-refractivity contribution in [1.82, 2.24) is 0 Å². The minimum Gasteiger partial charge on any atom is -0.405 e. The Morgan fingerprint density at radius 1 is 1.33 bits per heavy atom. The van der Waals surface area contributed by atoms with E-state index in [9.17, 15) is 13.2 Å². The van der Waals surface area contributed by atoms with E-state index in [1.54, 1.807) is 6.07 Å². The van der Waals surface area contributed by atoms with E-state index in [-0.39, 0.29) is 11.8 Å². The Kier molecular flexibility index (Phi) is 2.34. The lowest BCUT2D eigenvalue weighted by atomic mass is 10.1. The van der Waals surface area contributed by atoms with Gasteiger partial charge in [-0.3, -0.25) is 0 Å². The summed E-state index contributed by atoms with van der Waals surface area (Å²) in [6.45, 7) is 0. The molecular formula is C10H10F3NO. The molecule has 5 heteroatoms.